The molecule has 5 heteroatoms. The third-order valence-corrected chi connectivity index (χ3v) is 4.78. The summed E-state index contributed by atoms with van der Waals surface area (Å²) in [6.07, 6.45) is 1.91. The van der Waals surface area contributed by atoms with E-state index in [9.17, 15) is 14.0 Å². The second-order valence-electron chi connectivity index (χ2n) is 6.58. The fraction of sp³-hybridized carbons (Fsp3) is 0.333. The number of ketones is 1. The summed E-state index contributed by atoms with van der Waals surface area (Å²) in [7, 11) is 1.66. The normalized spacial score (nSPS) is 17.2. The molecule has 136 valence electrons. The molecule has 0 spiro atoms. The Morgan fingerprint density at radius 1 is 1.19 bits per heavy atom. The highest BCUT2D eigenvalue weighted by Crippen LogP contribution is 2.27. The first-order chi connectivity index (χ1) is 12.5. The molecule has 0 N–H and O–H groups in total. The van der Waals surface area contributed by atoms with Crippen LogP contribution in [0.15, 0.2) is 42.5 Å². The van der Waals surface area contributed by atoms with Crippen molar-refractivity contribution < 1.29 is 18.7 Å². The predicted octanol–water partition coefficient (Wildman–Crippen LogP) is 3.95. The third-order valence-electron chi connectivity index (χ3n) is 4.78. The van der Waals surface area contributed by atoms with Crippen molar-refractivity contribution >= 4 is 11.7 Å². The van der Waals surface area contributed by atoms with Gasteiger partial charge in [0.15, 0.2) is 5.78 Å². The number of nitrogens with zero attached hydrogens (tertiary/aromatic N) is 1. The predicted molar refractivity (Wildman–Crippen MR) is 97.8 cm³/mol. The van der Waals surface area contributed by atoms with Gasteiger partial charge >= 0.3 is 0 Å². The highest BCUT2D eigenvalue weighted by Gasteiger charge is 2.24. The van der Waals surface area contributed by atoms with Gasteiger partial charge in [0, 0.05) is 31.3 Å². The number of halogens is 1. The summed E-state index contributed by atoms with van der Waals surface area (Å²) in [5.74, 6) is -0.634. The Kier molecular flexibility index (Phi) is 5.47. The maximum atomic E-state index is 13.7. The largest absolute Gasteiger partial charge is 0.380 e. The first kappa shape index (κ1) is 18.3. The fourth-order valence-electron chi connectivity index (χ4n) is 3.38. The van der Waals surface area contributed by atoms with Crippen molar-refractivity contribution in [2.24, 2.45) is 0 Å². The SMILES string of the molecule is COC1CCCN(C(=O)c2cccc(-c3cc(F)ccc3C(C)=O)c2)C1. The monoisotopic (exact) mass is 355 g/mol. The van der Waals surface area contributed by atoms with Crippen molar-refractivity contribution in [1.82, 2.24) is 4.90 Å². The number of hydrogen-bond acceptors (Lipinski definition) is 3. The third kappa shape index (κ3) is 3.83. The Hall–Kier alpha value is -2.53. The minimum Gasteiger partial charge on any atom is -0.380 e. The number of piperidine rings is 1. The lowest BCUT2D eigenvalue weighted by Crippen LogP contribution is -2.42. The number of methoxy groups -OCH3 is 1. The van der Waals surface area contributed by atoms with E-state index in [4.69, 9.17) is 4.74 Å². The molecule has 1 aliphatic heterocycles. The number of hydrogen-bond donors (Lipinski definition) is 0. The van der Waals surface area contributed by atoms with E-state index >= 15 is 0 Å². The zero-order valence-corrected chi connectivity index (χ0v) is 15.0. The van der Waals surface area contributed by atoms with Crippen molar-refractivity contribution in [1.29, 1.82) is 0 Å². The molecule has 1 saturated heterocycles. The Morgan fingerprint density at radius 2 is 2.00 bits per heavy atom. The smallest absolute Gasteiger partial charge is 0.253 e. The molecule has 2 aromatic carbocycles. The lowest BCUT2D eigenvalue weighted by atomic mass is 9.95. The lowest BCUT2D eigenvalue weighted by Gasteiger charge is -2.32. The Balaban J connectivity index is 1.93. The molecule has 26 heavy (non-hydrogen) atoms. The van der Waals surface area contributed by atoms with Crippen LogP contribution >= 0.6 is 0 Å². The minimum atomic E-state index is -0.416. The van der Waals surface area contributed by atoms with Gasteiger partial charge in [-0.3, -0.25) is 9.59 Å². The van der Waals surface area contributed by atoms with Gasteiger partial charge in [0.05, 0.1) is 6.10 Å². The molecule has 0 saturated carbocycles. The van der Waals surface area contributed by atoms with E-state index in [1.807, 2.05) is 0 Å². The zero-order valence-electron chi connectivity index (χ0n) is 15.0. The fourth-order valence-corrected chi connectivity index (χ4v) is 3.38. The molecule has 1 aliphatic rings. The summed E-state index contributed by atoms with van der Waals surface area (Å²) in [5.41, 5.74) is 2.12. The van der Waals surface area contributed by atoms with Gasteiger partial charge in [-0.05, 0) is 61.2 Å². The topological polar surface area (TPSA) is 46.6 Å². The number of ether oxygens (including phenoxy) is 1. The van der Waals surface area contributed by atoms with E-state index in [1.54, 1.807) is 36.3 Å². The van der Waals surface area contributed by atoms with Gasteiger partial charge in [-0.15, -0.1) is 0 Å². The molecule has 1 atom stereocenters. The molecule has 0 bridgehead atoms. The molecule has 0 radical (unpaired) electrons. The van der Waals surface area contributed by atoms with Crippen LogP contribution in [0.2, 0.25) is 0 Å². The summed E-state index contributed by atoms with van der Waals surface area (Å²) >= 11 is 0. The number of Topliss-reactive ketones (excluding diaryl/α,β-unsaturated/α-hetero) is 1. The molecule has 3 rings (SSSR count). The standard InChI is InChI=1S/C21H22FNO3/c1-14(24)19-9-8-17(22)12-20(19)15-5-3-6-16(11-15)21(25)23-10-4-7-18(13-23)26-2/h3,5-6,8-9,11-12,18H,4,7,10,13H2,1-2H3. The van der Waals surface area contributed by atoms with Crippen LogP contribution in [0, 0.1) is 5.82 Å². The van der Waals surface area contributed by atoms with E-state index in [0.29, 0.717) is 35.3 Å². The van der Waals surface area contributed by atoms with Gasteiger partial charge < -0.3 is 9.64 Å². The van der Waals surface area contributed by atoms with Crippen molar-refractivity contribution in [3.63, 3.8) is 0 Å². The number of carbonyl (C=O) groups is 2. The number of benzene rings is 2. The van der Waals surface area contributed by atoms with Crippen LogP contribution in [0.4, 0.5) is 4.39 Å². The van der Waals surface area contributed by atoms with E-state index in [1.165, 1.54) is 25.1 Å². The molecule has 0 aliphatic carbocycles. The molecule has 2 aromatic rings. The molecular formula is C21H22FNO3. The lowest BCUT2D eigenvalue weighted by molar-refractivity contribution is 0.0269. The molecule has 1 fully saturated rings. The maximum absolute atomic E-state index is 13.7. The second-order valence-corrected chi connectivity index (χ2v) is 6.58. The molecule has 4 nitrogen and oxygen atoms in total. The number of likely N-dealkylation sites (tertiary alicyclic amines) is 1. The highest BCUT2D eigenvalue weighted by atomic mass is 19.1. The van der Waals surface area contributed by atoms with Gasteiger partial charge in [0.2, 0.25) is 0 Å². The summed E-state index contributed by atoms with van der Waals surface area (Å²) in [4.78, 5) is 26.5. The zero-order chi connectivity index (χ0) is 18.7. The van der Waals surface area contributed by atoms with E-state index in [0.717, 1.165) is 12.8 Å². The van der Waals surface area contributed by atoms with Crippen molar-refractivity contribution in [2.45, 2.75) is 25.9 Å². The second kappa shape index (κ2) is 7.79. The number of rotatable bonds is 4. The van der Waals surface area contributed by atoms with Crippen LogP contribution in [-0.2, 0) is 4.74 Å². The number of amides is 1. The van der Waals surface area contributed by atoms with Crippen molar-refractivity contribution in [2.75, 3.05) is 20.2 Å². The average Bonchev–Trinajstić information content (AvgIpc) is 2.67. The van der Waals surface area contributed by atoms with E-state index in [-0.39, 0.29) is 17.8 Å². The molecule has 1 amide bonds. The molecule has 1 heterocycles. The van der Waals surface area contributed by atoms with E-state index in [2.05, 4.69) is 0 Å². The van der Waals surface area contributed by atoms with Crippen LogP contribution in [0.5, 0.6) is 0 Å². The molecule has 0 aromatic heterocycles. The first-order valence-corrected chi connectivity index (χ1v) is 8.72. The summed E-state index contributed by atoms with van der Waals surface area (Å²) < 4.78 is 19.1. The van der Waals surface area contributed by atoms with Gasteiger partial charge in [-0.1, -0.05) is 12.1 Å². The molecule has 1 unspecified atom stereocenters. The Labute approximate surface area is 152 Å². The summed E-state index contributed by atoms with van der Waals surface area (Å²) in [5, 5.41) is 0. The van der Waals surface area contributed by atoms with Crippen LogP contribution in [-0.4, -0.2) is 42.9 Å². The van der Waals surface area contributed by atoms with Gasteiger partial charge in [0.1, 0.15) is 5.82 Å². The van der Waals surface area contributed by atoms with Crippen LogP contribution < -0.4 is 0 Å². The highest BCUT2D eigenvalue weighted by molar-refractivity contribution is 6.02. The summed E-state index contributed by atoms with van der Waals surface area (Å²) in [6, 6.07) is 11.1. The molecular weight excluding hydrogens is 333 g/mol. The van der Waals surface area contributed by atoms with Gasteiger partial charge in [-0.25, -0.2) is 4.39 Å². The van der Waals surface area contributed by atoms with Crippen LogP contribution in [0.25, 0.3) is 11.1 Å². The van der Waals surface area contributed by atoms with Gasteiger partial charge in [-0.2, -0.15) is 0 Å². The van der Waals surface area contributed by atoms with Crippen LogP contribution in [0.3, 0.4) is 0 Å². The Morgan fingerprint density at radius 3 is 2.73 bits per heavy atom. The van der Waals surface area contributed by atoms with Crippen LogP contribution in [0.1, 0.15) is 40.5 Å². The minimum absolute atomic E-state index is 0.0587. The maximum Gasteiger partial charge on any atom is 0.253 e. The average molecular weight is 355 g/mol. The Bertz CT molecular complexity index is 834. The first-order valence-electron chi connectivity index (χ1n) is 8.72. The van der Waals surface area contributed by atoms with Crippen molar-refractivity contribution in [3.05, 3.63) is 59.4 Å². The van der Waals surface area contributed by atoms with Gasteiger partial charge in [0.25, 0.3) is 5.91 Å². The quantitative estimate of drug-likeness (QED) is 0.780. The van der Waals surface area contributed by atoms with Crippen molar-refractivity contribution in [3.8, 4) is 11.1 Å². The number of carbonyl (C=O) groups excluding carboxylic acids is 2. The van der Waals surface area contributed by atoms with E-state index < -0.39 is 5.82 Å². The summed E-state index contributed by atoms with van der Waals surface area (Å²) in [6.45, 7) is 2.71.